The van der Waals surface area contributed by atoms with Crippen molar-refractivity contribution in [3.8, 4) is 0 Å². The van der Waals surface area contributed by atoms with Gasteiger partial charge in [-0.25, -0.2) is 9.59 Å². The van der Waals surface area contributed by atoms with E-state index in [2.05, 4.69) is 5.32 Å². The Morgan fingerprint density at radius 3 is 2.67 bits per heavy atom. The molecule has 114 valence electrons. The summed E-state index contributed by atoms with van der Waals surface area (Å²) in [6.45, 7) is -0.318. The number of carbonyl (C=O) groups excluding carboxylic acids is 1. The lowest BCUT2D eigenvalue weighted by molar-refractivity contribution is -0.142. The van der Waals surface area contributed by atoms with E-state index in [9.17, 15) is 19.2 Å². The second kappa shape index (κ2) is 5.94. The molecular formula is C13H17N3O5. The van der Waals surface area contributed by atoms with Gasteiger partial charge in [0.05, 0.1) is 0 Å². The predicted octanol–water partition coefficient (Wildman–Crippen LogP) is -1.08. The Kier molecular flexibility index (Phi) is 4.25. The first-order chi connectivity index (χ1) is 9.88. The van der Waals surface area contributed by atoms with Crippen LogP contribution in [-0.2, 0) is 23.2 Å². The Labute approximate surface area is 120 Å². The van der Waals surface area contributed by atoms with Gasteiger partial charge in [-0.1, -0.05) is 12.8 Å². The number of carbonyl (C=O) groups is 2. The summed E-state index contributed by atoms with van der Waals surface area (Å²) < 4.78 is 1.94. The Balaban J connectivity index is 2.03. The van der Waals surface area contributed by atoms with Crippen LogP contribution in [0.2, 0.25) is 0 Å². The van der Waals surface area contributed by atoms with Gasteiger partial charge in [0.1, 0.15) is 12.6 Å². The zero-order valence-electron chi connectivity index (χ0n) is 11.6. The highest BCUT2D eigenvalue weighted by Gasteiger charge is 2.30. The zero-order chi connectivity index (χ0) is 15.6. The van der Waals surface area contributed by atoms with E-state index in [0.717, 1.165) is 22.0 Å². The van der Waals surface area contributed by atoms with E-state index in [0.29, 0.717) is 12.3 Å². The first kappa shape index (κ1) is 15.0. The van der Waals surface area contributed by atoms with Crippen LogP contribution in [0.25, 0.3) is 0 Å². The van der Waals surface area contributed by atoms with Gasteiger partial charge in [0.25, 0.3) is 5.56 Å². The number of aromatic nitrogens is 2. The summed E-state index contributed by atoms with van der Waals surface area (Å²) in [6, 6.07) is 0.237. The highest BCUT2D eigenvalue weighted by atomic mass is 16.4. The van der Waals surface area contributed by atoms with E-state index in [1.807, 2.05) is 0 Å². The van der Waals surface area contributed by atoms with Gasteiger partial charge in [-0.15, -0.1) is 0 Å². The van der Waals surface area contributed by atoms with Crippen LogP contribution in [-0.4, -0.2) is 32.2 Å². The van der Waals surface area contributed by atoms with Crippen LogP contribution in [0.15, 0.2) is 21.9 Å². The maximum absolute atomic E-state index is 11.9. The van der Waals surface area contributed by atoms with Crippen molar-refractivity contribution in [1.29, 1.82) is 0 Å². The molecule has 2 N–H and O–H groups in total. The molecule has 1 aromatic heterocycles. The lowest BCUT2D eigenvalue weighted by atomic mass is 10.1. The molecule has 1 amide bonds. The number of carboxylic acids is 1. The van der Waals surface area contributed by atoms with Gasteiger partial charge >= 0.3 is 11.7 Å². The van der Waals surface area contributed by atoms with Crippen LogP contribution in [0, 0.1) is 5.92 Å². The first-order valence-electron chi connectivity index (χ1n) is 6.67. The normalized spacial score (nSPS) is 15.5. The Morgan fingerprint density at radius 1 is 1.43 bits per heavy atom. The van der Waals surface area contributed by atoms with Crippen molar-refractivity contribution < 1.29 is 14.7 Å². The number of rotatable bonds is 6. The van der Waals surface area contributed by atoms with E-state index in [1.54, 1.807) is 0 Å². The zero-order valence-corrected chi connectivity index (χ0v) is 11.6. The lowest BCUT2D eigenvalue weighted by Gasteiger charge is -2.14. The van der Waals surface area contributed by atoms with Crippen LogP contribution in [0.4, 0.5) is 0 Å². The molecule has 1 fully saturated rings. The fourth-order valence-corrected chi connectivity index (χ4v) is 2.04. The Bertz CT molecular complexity index is 671. The molecule has 1 saturated carbocycles. The third-order valence-electron chi connectivity index (χ3n) is 3.47. The molecule has 0 aromatic carbocycles. The predicted molar refractivity (Wildman–Crippen MR) is 72.9 cm³/mol. The smallest absolute Gasteiger partial charge is 0.331 e. The Hall–Kier alpha value is -2.38. The summed E-state index contributed by atoms with van der Waals surface area (Å²) in [5.41, 5.74) is -1.08. The highest BCUT2D eigenvalue weighted by molar-refractivity contribution is 5.83. The van der Waals surface area contributed by atoms with E-state index in [1.165, 1.54) is 19.3 Å². The number of hydrogen-bond donors (Lipinski definition) is 2. The topological polar surface area (TPSA) is 110 Å². The monoisotopic (exact) mass is 295 g/mol. The number of hydrogen-bond acceptors (Lipinski definition) is 4. The van der Waals surface area contributed by atoms with E-state index >= 15 is 0 Å². The molecule has 0 spiro atoms. The SMILES string of the molecule is Cn1c(=O)ccn(CC(=O)NC(CC2CC2)C(=O)O)c1=O. The molecule has 1 heterocycles. The van der Waals surface area contributed by atoms with Crippen LogP contribution >= 0.6 is 0 Å². The fraction of sp³-hybridized carbons (Fsp3) is 0.538. The number of amides is 1. The van der Waals surface area contributed by atoms with Gasteiger partial charge in [0.2, 0.25) is 5.91 Å². The molecule has 1 aliphatic rings. The van der Waals surface area contributed by atoms with Gasteiger partial charge < -0.3 is 10.4 Å². The molecular weight excluding hydrogens is 278 g/mol. The van der Waals surface area contributed by atoms with Crippen molar-refractivity contribution in [3.63, 3.8) is 0 Å². The summed E-state index contributed by atoms with van der Waals surface area (Å²) in [6.07, 6.45) is 3.60. The van der Waals surface area contributed by atoms with Crippen molar-refractivity contribution in [2.75, 3.05) is 0 Å². The van der Waals surface area contributed by atoms with Crippen LogP contribution in [0.3, 0.4) is 0 Å². The van der Waals surface area contributed by atoms with Crippen LogP contribution in [0.1, 0.15) is 19.3 Å². The van der Waals surface area contributed by atoms with Crippen molar-refractivity contribution in [2.45, 2.75) is 31.8 Å². The van der Waals surface area contributed by atoms with E-state index in [-0.39, 0.29) is 6.54 Å². The molecule has 8 nitrogen and oxygen atoms in total. The minimum absolute atomic E-state index is 0.318. The van der Waals surface area contributed by atoms with Crippen molar-refractivity contribution >= 4 is 11.9 Å². The molecule has 1 aromatic rings. The molecule has 0 aliphatic heterocycles. The summed E-state index contributed by atoms with van der Waals surface area (Å²) >= 11 is 0. The molecule has 1 aliphatic carbocycles. The molecule has 8 heteroatoms. The Morgan fingerprint density at radius 2 is 2.10 bits per heavy atom. The molecule has 1 atom stereocenters. The maximum atomic E-state index is 11.9. The highest BCUT2D eigenvalue weighted by Crippen LogP contribution is 2.33. The number of carboxylic acid groups (broad SMARTS) is 1. The van der Waals surface area contributed by atoms with Gasteiger partial charge in [-0.2, -0.15) is 0 Å². The summed E-state index contributed by atoms with van der Waals surface area (Å²) in [5.74, 6) is -1.29. The molecule has 0 saturated heterocycles. The van der Waals surface area contributed by atoms with Gasteiger partial charge in [-0.05, 0) is 12.3 Å². The van der Waals surface area contributed by atoms with E-state index < -0.39 is 29.2 Å². The first-order valence-corrected chi connectivity index (χ1v) is 6.67. The summed E-state index contributed by atoms with van der Waals surface area (Å²) in [7, 11) is 1.31. The standard InChI is InChI=1S/C13H17N3O5/c1-15-11(18)4-5-16(13(15)21)7-10(17)14-9(12(19)20)6-8-2-3-8/h4-5,8-9H,2-3,6-7H2,1H3,(H,14,17)(H,19,20). The second-order valence-corrected chi connectivity index (χ2v) is 5.26. The fourth-order valence-electron chi connectivity index (χ4n) is 2.04. The molecule has 21 heavy (non-hydrogen) atoms. The quantitative estimate of drug-likeness (QED) is 0.693. The summed E-state index contributed by atoms with van der Waals surface area (Å²) in [4.78, 5) is 46.0. The van der Waals surface area contributed by atoms with Crippen molar-refractivity contribution in [2.24, 2.45) is 13.0 Å². The average Bonchev–Trinajstić information content (AvgIpc) is 3.22. The molecule has 0 bridgehead atoms. The van der Waals surface area contributed by atoms with Crippen LogP contribution in [0.5, 0.6) is 0 Å². The maximum Gasteiger partial charge on any atom is 0.331 e. The number of nitrogens with zero attached hydrogens (tertiary/aromatic N) is 2. The minimum atomic E-state index is -1.08. The van der Waals surface area contributed by atoms with Crippen molar-refractivity contribution in [1.82, 2.24) is 14.5 Å². The minimum Gasteiger partial charge on any atom is -0.480 e. The number of nitrogens with one attached hydrogen (secondary N) is 1. The lowest BCUT2D eigenvalue weighted by Crippen LogP contribution is -2.45. The largest absolute Gasteiger partial charge is 0.480 e. The summed E-state index contributed by atoms with van der Waals surface area (Å²) in [5, 5.41) is 11.5. The van der Waals surface area contributed by atoms with Gasteiger partial charge in [0.15, 0.2) is 0 Å². The van der Waals surface area contributed by atoms with Crippen LogP contribution < -0.4 is 16.6 Å². The second-order valence-electron chi connectivity index (χ2n) is 5.26. The number of aliphatic carboxylic acids is 1. The van der Waals surface area contributed by atoms with Crippen molar-refractivity contribution in [3.05, 3.63) is 33.1 Å². The van der Waals surface area contributed by atoms with E-state index in [4.69, 9.17) is 5.11 Å². The molecule has 1 unspecified atom stereocenters. The average molecular weight is 295 g/mol. The molecule has 0 radical (unpaired) electrons. The van der Waals surface area contributed by atoms with Gasteiger partial charge in [-0.3, -0.25) is 18.7 Å². The third-order valence-corrected chi connectivity index (χ3v) is 3.47. The third kappa shape index (κ3) is 3.80. The van der Waals surface area contributed by atoms with Gasteiger partial charge in [0, 0.05) is 19.3 Å². The molecule has 2 rings (SSSR count).